The number of benzene rings is 1. The van der Waals surface area contributed by atoms with Gasteiger partial charge in [-0.05, 0) is 38.0 Å². The Kier molecular flexibility index (Phi) is 3.88. The van der Waals surface area contributed by atoms with Gasteiger partial charge in [0, 0.05) is 5.56 Å². The second-order valence-electron chi connectivity index (χ2n) is 5.08. The molecular formula is C14H19FO3. The van der Waals surface area contributed by atoms with Gasteiger partial charge >= 0.3 is 0 Å². The van der Waals surface area contributed by atoms with Crippen LogP contribution in [0.5, 0.6) is 5.75 Å². The van der Waals surface area contributed by atoms with Gasteiger partial charge in [0.1, 0.15) is 18.2 Å². The van der Waals surface area contributed by atoms with E-state index < -0.39 is 17.5 Å². The van der Waals surface area contributed by atoms with Crippen molar-refractivity contribution in [2.24, 2.45) is 0 Å². The number of hydrogen-bond acceptors (Lipinski definition) is 3. The molecule has 0 heterocycles. The molecule has 2 rings (SSSR count). The molecule has 1 fully saturated rings. The molecule has 0 aliphatic heterocycles. The Morgan fingerprint density at radius 1 is 1.39 bits per heavy atom. The van der Waals surface area contributed by atoms with E-state index in [1.807, 2.05) is 0 Å². The maximum Gasteiger partial charge on any atom is 0.125 e. The fraction of sp³-hybridized carbons (Fsp3) is 0.571. The first-order chi connectivity index (χ1) is 8.50. The zero-order valence-electron chi connectivity index (χ0n) is 10.5. The van der Waals surface area contributed by atoms with E-state index in [9.17, 15) is 14.6 Å². The molecule has 2 N–H and O–H groups in total. The third kappa shape index (κ3) is 3.00. The number of aliphatic hydroxyl groups excluding tert-OH is 1. The van der Waals surface area contributed by atoms with Crippen LogP contribution < -0.4 is 4.74 Å². The highest BCUT2D eigenvalue weighted by Gasteiger charge is 2.32. The lowest BCUT2D eigenvalue weighted by Crippen LogP contribution is -2.32. The van der Waals surface area contributed by atoms with Crippen molar-refractivity contribution >= 4 is 0 Å². The highest BCUT2D eigenvalue weighted by Crippen LogP contribution is 2.32. The zero-order valence-corrected chi connectivity index (χ0v) is 10.5. The Labute approximate surface area is 106 Å². The van der Waals surface area contributed by atoms with Crippen molar-refractivity contribution in [2.75, 3.05) is 6.61 Å². The van der Waals surface area contributed by atoms with Crippen molar-refractivity contribution in [3.8, 4) is 5.75 Å². The standard InChI is InChI=1S/C14H19FO3/c1-10(16)12-8-11(15)4-5-13(12)18-9-14(17)6-2-3-7-14/h4-5,8,10,16-17H,2-3,6-7,9H2,1H3/t10-/m0/s1. The smallest absolute Gasteiger partial charge is 0.125 e. The monoisotopic (exact) mass is 254 g/mol. The van der Waals surface area contributed by atoms with E-state index in [1.165, 1.54) is 18.2 Å². The lowest BCUT2D eigenvalue weighted by Gasteiger charge is -2.23. The Balaban J connectivity index is 2.09. The van der Waals surface area contributed by atoms with Crippen LogP contribution in [0.25, 0.3) is 0 Å². The summed E-state index contributed by atoms with van der Waals surface area (Å²) in [4.78, 5) is 0. The molecule has 0 bridgehead atoms. The normalized spacial score (nSPS) is 19.8. The summed E-state index contributed by atoms with van der Waals surface area (Å²) in [7, 11) is 0. The van der Waals surface area contributed by atoms with Gasteiger partial charge in [-0.15, -0.1) is 0 Å². The summed E-state index contributed by atoms with van der Waals surface area (Å²) < 4.78 is 18.7. The molecule has 1 aromatic carbocycles. The van der Waals surface area contributed by atoms with Crippen LogP contribution >= 0.6 is 0 Å². The van der Waals surface area contributed by atoms with E-state index in [1.54, 1.807) is 6.92 Å². The molecule has 0 unspecified atom stereocenters. The third-order valence-corrected chi connectivity index (χ3v) is 3.45. The van der Waals surface area contributed by atoms with Crippen molar-refractivity contribution < 1.29 is 19.3 Å². The maximum absolute atomic E-state index is 13.1. The molecule has 1 atom stereocenters. The molecule has 1 saturated carbocycles. The fourth-order valence-corrected chi connectivity index (χ4v) is 2.37. The van der Waals surface area contributed by atoms with Crippen LogP contribution in [-0.2, 0) is 0 Å². The molecule has 0 radical (unpaired) electrons. The van der Waals surface area contributed by atoms with Crippen LogP contribution in [0.3, 0.4) is 0 Å². The van der Waals surface area contributed by atoms with Crippen LogP contribution in [0.15, 0.2) is 18.2 Å². The second kappa shape index (κ2) is 5.24. The van der Waals surface area contributed by atoms with Gasteiger partial charge in [-0.3, -0.25) is 0 Å². The van der Waals surface area contributed by atoms with Gasteiger partial charge in [-0.25, -0.2) is 4.39 Å². The van der Waals surface area contributed by atoms with E-state index in [0.29, 0.717) is 11.3 Å². The molecule has 1 aliphatic rings. The Bertz CT molecular complexity index is 412. The molecule has 0 saturated heterocycles. The first-order valence-corrected chi connectivity index (χ1v) is 6.33. The van der Waals surface area contributed by atoms with Crippen molar-refractivity contribution in [1.29, 1.82) is 0 Å². The van der Waals surface area contributed by atoms with Gasteiger partial charge in [-0.1, -0.05) is 12.8 Å². The molecule has 1 aliphatic carbocycles. The van der Waals surface area contributed by atoms with Crippen molar-refractivity contribution in [1.82, 2.24) is 0 Å². The minimum absolute atomic E-state index is 0.193. The second-order valence-corrected chi connectivity index (χ2v) is 5.08. The van der Waals surface area contributed by atoms with E-state index in [-0.39, 0.29) is 6.61 Å². The molecule has 100 valence electrons. The summed E-state index contributed by atoms with van der Waals surface area (Å²) in [6.45, 7) is 1.75. The van der Waals surface area contributed by atoms with Crippen LogP contribution in [0, 0.1) is 5.82 Å². The summed E-state index contributed by atoms with van der Waals surface area (Å²) in [6, 6.07) is 4.05. The summed E-state index contributed by atoms with van der Waals surface area (Å²) >= 11 is 0. The van der Waals surface area contributed by atoms with Crippen LogP contribution in [0.1, 0.15) is 44.3 Å². The Morgan fingerprint density at radius 3 is 2.67 bits per heavy atom. The van der Waals surface area contributed by atoms with E-state index >= 15 is 0 Å². The summed E-state index contributed by atoms with van der Waals surface area (Å²) in [5.74, 6) is 0.0320. The maximum atomic E-state index is 13.1. The minimum Gasteiger partial charge on any atom is -0.490 e. The van der Waals surface area contributed by atoms with Crippen LogP contribution in [-0.4, -0.2) is 22.4 Å². The predicted molar refractivity (Wildman–Crippen MR) is 65.9 cm³/mol. The molecular weight excluding hydrogens is 235 g/mol. The first-order valence-electron chi connectivity index (χ1n) is 6.33. The van der Waals surface area contributed by atoms with Crippen molar-refractivity contribution in [3.05, 3.63) is 29.6 Å². The van der Waals surface area contributed by atoms with Crippen molar-refractivity contribution in [2.45, 2.75) is 44.3 Å². The molecule has 0 spiro atoms. The van der Waals surface area contributed by atoms with Gasteiger partial charge in [0.15, 0.2) is 0 Å². The number of halogens is 1. The quantitative estimate of drug-likeness (QED) is 0.868. The molecule has 0 amide bonds. The average molecular weight is 254 g/mol. The Hall–Kier alpha value is -1.13. The molecule has 0 aromatic heterocycles. The Morgan fingerprint density at radius 2 is 2.06 bits per heavy atom. The molecule has 3 nitrogen and oxygen atoms in total. The summed E-state index contributed by atoms with van der Waals surface area (Å²) in [5, 5.41) is 19.8. The molecule has 18 heavy (non-hydrogen) atoms. The van der Waals surface area contributed by atoms with Gasteiger partial charge in [-0.2, -0.15) is 0 Å². The van der Waals surface area contributed by atoms with Crippen LogP contribution in [0.4, 0.5) is 4.39 Å². The van der Waals surface area contributed by atoms with Gasteiger partial charge in [0.05, 0.1) is 11.7 Å². The summed E-state index contributed by atoms with van der Waals surface area (Å²) in [5.41, 5.74) is -0.360. The van der Waals surface area contributed by atoms with Crippen LogP contribution in [0.2, 0.25) is 0 Å². The lowest BCUT2D eigenvalue weighted by molar-refractivity contribution is 0.000447. The fourth-order valence-electron chi connectivity index (χ4n) is 2.37. The number of rotatable bonds is 4. The number of aliphatic hydroxyl groups is 2. The van der Waals surface area contributed by atoms with Gasteiger partial charge in [0.2, 0.25) is 0 Å². The largest absolute Gasteiger partial charge is 0.490 e. The van der Waals surface area contributed by atoms with E-state index in [0.717, 1.165) is 25.7 Å². The van der Waals surface area contributed by atoms with E-state index in [2.05, 4.69) is 0 Å². The SMILES string of the molecule is C[C@H](O)c1cc(F)ccc1OCC1(O)CCCC1. The zero-order chi connectivity index (χ0) is 13.2. The lowest BCUT2D eigenvalue weighted by atomic mass is 10.0. The highest BCUT2D eigenvalue weighted by molar-refractivity contribution is 5.35. The average Bonchev–Trinajstić information content (AvgIpc) is 2.75. The summed E-state index contributed by atoms with van der Waals surface area (Å²) in [6.07, 6.45) is 2.68. The highest BCUT2D eigenvalue weighted by atomic mass is 19.1. The topological polar surface area (TPSA) is 49.7 Å². The first kappa shape index (κ1) is 13.3. The third-order valence-electron chi connectivity index (χ3n) is 3.45. The van der Waals surface area contributed by atoms with E-state index in [4.69, 9.17) is 4.74 Å². The number of hydrogen-bond donors (Lipinski definition) is 2. The van der Waals surface area contributed by atoms with Crippen molar-refractivity contribution in [3.63, 3.8) is 0 Å². The minimum atomic E-state index is -0.797. The van der Waals surface area contributed by atoms with Gasteiger partial charge in [0.25, 0.3) is 0 Å². The molecule has 4 heteroatoms. The number of ether oxygens (including phenoxy) is 1. The molecule has 1 aromatic rings. The predicted octanol–water partition coefficient (Wildman–Crippen LogP) is 2.56. The van der Waals surface area contributed by atoms with Gasteiger partial charge < -0.3 is 14.9 Å².